The highest BCUT2D eigenvalue weighted by atomic mass is 35.5. The lowest BCUT2D eigenvalue weighted by Gasteiger charge is -2.27. The topological polar surface area (TPSA) is 49.9 Å². The van der Waals surface area contributed by atoms with Gasteiger partial charge in [-0.3, -0.25) is 4.79 Å². The van der Waals surface area contributed by atoms with Gasteiger partial charge in [-0.15, -0.1) is 11.6 Å². The number of aromatic nitrogens is 1. The average molecular weight is 306 g/mol. The van der Waals surface area contributed by atoms with Gasteiger partial charge in [-0.1, -0.05) is 24.3 Å². The first-order valence-corrected chi connectivity index (χ1v) is 7.41. The Morgan fingerprint density at radius 3 is 2.38 bits per heavy atom. The van der Waals surface area contributed by atoms with Crippen LogP contribution in [-0.2, 0) is 11.2 Å². The van der Waals surface area contributed by atoms with E-state index in [1.54, 1.807) is 19.2 Å². The van der Waals surface area contributed by atoms with E-state index < -0.39 is 10.3 Å². The van der Waals surface area contributed by atoms with Crippen LogP contribution in [0.25, 0.3) is 0 Å². The van der Waals surface area contributed by atoms with E-state index in [1.807, 2.05) is 38.2 Å². The monoisotopic (exact) mass is 305 g/mol. The van der Waals surface area contributed by atoms with Crippen LogP contribution in [0.3, 0.4) is 0 Å². The molecule has 0 amide bonds. The second-order valence-corrected chi connectivity index (χ2v) is 6.82. The van der Waals surface area contributed by atoms with E-state index in [2.05, 4.69) is 4.98 Å². The van der Waals surface area contributed by atoms with Crippen molar-refractivity contribution in [1.29, 1.82) is 0 Å². The number of aromatic amines is 1. The number of hydrogen-bond donors (Lipinski definition) is 1. The fourth-order valence-corrected chi connectivity index (χ4v) is 2.48. The normalized spacial score (nSPS) is 27.8. The first-order chi connectivity index (χ1) is 9.73. The van der Waals surface area contributed by atoms with Crippen molar-refractivity contribution in [3.63, 3.8) is 0 Å². The Morgan fingerprint density at radius 2 is 1.81 bits per heavy atom. The third kappa shape index (κ3) is 3.53. The number of Topliss-reactive ketones (excluding diaryl/α,β-unsaturated/α-hetero) is 2. The smallest absolute Gasteiger partial charge is 0.178 e. The highest BCUT2D eigenvalue weighted by Gasteiger charge is 2.34. The summed E-state index contributed by atoms with van der Waals surface area (Å²) in [6, 6.07) is 1.78. The van der Waals surface area contributed by atoms with E-state index in [9.17, 15) is 9.59 Å². The summed E-state index contributed by atoms with van der Waals surface area (Å²) in [6.45, 7) is 5.30. The lowest BCUT2D eigenvalue weighted by Crippen LogP contribution is -2.28. The van der Waals surface area contributed by atoms with Gasteiger partial charge in [-0.2, -0.15) is 0 Å². The molecular formula is C17H20ClNO2. The minimum atomic E-state index is -0.693. The van der Waals surface area contributed by atoms with Crippen LogP contribution in [0, 0.1) is 5.41 Å². The molecule has 1 N–H and O–H groups in total. The molecule has 2 rings (SSSR count). The zero-order valence-electron chi connectivity index (χ0n) is 12.6. The van der Waals surface area contributed by atoms with Crippen molar-refractivity contribution in [2.45, 2.75) is 38.5 Å². The molecule has 1 heterocycles. The molecule has 0 aliphatic heterocycles. The minimum Gasteiger partial charge on any atom is -0.364 e. The lowest BCUT2D eigenvalue weighted by molar-refractivity contribution is -0.117. The van der Waals surface area contributed by atoms with E-state index in [0.717, 1.165) is 5.69 Å². The number of nitrogens with one attached hydrogen (secondary N) is 1. The highest BCUT2D eigenvalue weighted by Crippen LogP contribution is 2.35. The summed E-state index contributed by atoms with van der Waals surface area (Å²) in [4.78, 5) is 26.5. The molecule has 0 bridgehead atoms. The van der Waals surface area contributed by atoms with E-state index in [0.29, 0.717) is 18.4 Å². The van der Waals surface area contributed by atoms with Crippen molar-refractivity contribution in [2.75, 3.05) is 0 Å². The van der Waals surface area contributed by atoms with Crippen LogP contribution in [0.4, 0.5) is 0 Å². The fourth-order valence-electron chi connectivity index (χ4n) is 2.35. The maximum absolute atomic E-state index is 12.8. The van der Waals surface area contributed by atoms with Gasteiger partial charge < -0.3 is 9.78 Å². The second-order valence-electron chi connectivity index (χ2n) is 6.00. The molecule has 1 aromatic heterocycles. The number of allylic oxidation sites excluding steroid dienone is 4. The maximum Gasteiger partial charge on any atom is 0.178 e. The van der Waals surface area contributed by atoms with Crippen LogP contribution < -0.4 is 0 Å². The van der Waals surface area contributed by atoms with E-state index in [4.69, 9.17) is 11.6 Å². The summed E-state index contributed by atoms with van der Waals surface area (Å²) in [5.41, 5.74) is 0.769. The molecule has 3 nitrogen and oxygen atoms in total. The number of hydrogen-bond acceptors (Lipinski definition) is 2. The molecule has 1 aliphatic carbocycles. The first kappa shape index (κ1) is 15.8. The third-order valence-corrected chi connectivity index (χ3v) is 4.06. The zero-order valence-corrected chi connectivity index (χ0v) is 13.3. The number of aryl methyl sites for hydroxylation is 1. The quantitative estimate of drug-likeness (QED) is 0.510. The summed E-state index contributed by atoms with van der Waals surface area (Å²) >= 11 is 6.22. The lowest BCUT2D eigenvalue weighted by atomic mass is 9.77. The van der Waals surface area contributed by atoms with Gasteiger partial charge in [0.05, 0.1) is 10.3 Å². The Morgan fingerprint density at radius 1 is 1.19 bits per heavy atom. The van der Waals surface area contributed by atoms with Crippen molar-refractivity contribution in [3.05, 3.63) is 47.8 Å². The van der Waals surface area contributed by atoms with Crippen molar-refractivity contribution in [1.82, 2.24) is 4.98 Å². The number of carbonyl (C=O) groups is 2. The molecule has 0 spiro atoms. The third-order valence-electron chi connectivity index (χ3n) is 3.80. The van der Waals surface area contributed by atoms with Crippen molar-refractivity contribution >= 4 is 23.2 Å². The molecular weight excluding hydrogens is 286 g/mol. The van der Waals surface area contributed by atoms with Crippen LogP contribution in [-0.4, -0.2) is 21.4 Å². The average Bonchev–Trinajstić information content (AvgIpc) is 2.87. The molecule has 0 fully saturated rings. The number of ketones is 2. The maximum atomic E-state index is 12.8. The molecule has 4 heteroatoms. The van der Waals surface area contributed by atoms with Crippen LogP contribution in [0.5, 0.6) is 0 Å². The Bertz CT molecular complexity index is 606. The van der Waals surface area contributed by atoms with Gasteiger partial charge >= 0.3 is 0 Å². The predicted molar refractivity (Wildman–Crippen MR) is 84.8 cm³/mol. The van der Waals surface area contributed by atoms with E-state index >= 15 is 0 Å². The number of alkyl halides is 1. The van der Waals surface area contributed by atoms with Crippen molar-refractivity contribution < 1.29 is 9.59 Å². The molecule has 21 heavy (non-hydrogen) atoms. The van der Waals surface area contributed by atoms with Crippen LogP contribution in [0.15, 0.2) is 36.6 Å². The highest BCUT2D eigenvalue weighted by molar-refractivity contribution is 6.26. The van der Waals surface area contributed by atoms with E-state index in [1.165, 1.54) is 0 Å². The molecule has 112 valence electrons. The summed E-state index contributed by atoms with van der Waals surface area (Å²) in [7, 11) is 0. The van der Waals surface area contributed by atoms with Gasteiger partial charge in [0.1, 0.15) is 5.78 Å². The molecule has 0 saturated heterocycles. The summed E-state index contributed by atoms with van der Waals surface area (Å²) in [5.74, 6) is 0.131. The van der Waals surface area contributed by atoms with Crippen molar-refractivity contribution in [3.8, 4) is 0 Å². The standard InChI is InChI=1S/C17H20ClNO2/c1-12(20)4-5-14-13(6-11-19-14)15(21)16(2)7-9-17(3,18)10-8-16/h6-11,19H,4-5H2,1-3H3. The minimum absolute atomic E-state index is 0.0157. The Labute approximate surface area is 130 Å². The molecule has 0 aromatic carbocycles. The number of carbonyl (C=O) groups excluding carboxylic acids is 2. The van der Waals surface area contributed by atoms with Crippen molar-refractivity contribution in [2.24, 2.45) is 5.41 Å². The molecule has 0 saturated carbocycles. The second kappa shape index (κ2) is 5.64. The molecule has 1 aromatic rings. The van der Waals surface area contributed by atoms with E-state index in [-0.39, 0.29) is 11.6 Å². The molecule has 0 unspecified atom stereocenters. The Hall–Kier alpha value is -1.61. The molecule has 0 atom stereocenters. The predicted octanol–water partition coefficient (Wildman–Crippen LogP) is 3.85. The largest absolute Gasteiger partial charge is 0.364 e. The SMILES string of the molecule is CC(=O)CCc1[nH]ccc1C(=O)C1(C)C=CC(C)(Cl)C=C1. The Kier molecular flexibility index (Phi) is 4.24. The van der Waals surface area contributed by atoms with Gasteiger partial charge in [0.15, 0.2) is 5.78 Å². The van der Waals surface area contributed by atoms with Crippen LogP contribution >= 0.6 is 11.6 Å². The summed E-state index contributed by atoms with van der Waals surface area (Å²) < 4.78 is 0. The van der Waals surface area contributed by atoms with Gasteiger partial charge in [0.2, 0.25) is 0 Å². The van der Waals surface area contributed by atoms with Gasteiger partial charge in [-0.25, -0.2) is 0 Å². The molecule has 0 radical (unpaired) electrons. The molecule has 1 aliphatic rings. The first-order valence-electron chi connectivity index (χ1n) is 7.04. The Balaban J connectivity index is 2.23. The van der Waals surface area contributed by atoms with Gasteiger partial charge in [0, 0.05) is 23.9 Å². The van der Waals surface area contributed by atoms with Gasteiger partial charge in [0.25, 0.3) is 0 Å². The number of halogens is 1. The van der Waals surface area contributed by atoms with Crippen LogP contribution in [0.1, 0.15) is 43.2 Å². The van der Waals surface area contributed by atoms with Gasteiger partial charge in [-0.05, 0) is 33.3 Å². The zero-order chi connectivity index (χ0) is 15.7. The number of H-pyrrole nitrogens is 1. The fraction of sp³-hybridized carbons (Fsp3) is 0.412. The number of rotatable bonds is 5. The summed E-state index contributed by atoms with van der Waals surface area (Å²) in [6.07, 6.45) is 10.1. The summed E-state index contributed by atoms with van der Waals surface area (Å²) in [5, 5.41) is 0. The van der Waals surface area contributed by atoms with Crippen LogP contribution in [0.2, 0.25) is 0 Å².